The van der Waals surface area contributed by atoms with Crippen molar-refractivity contribution >= 4 is 46.6 Å². The number of rotatable bonds is 5. The standard InChI is InChI=1S/C22H16Cl2N4O4/c1-12-7-14(13(2)27(12)16-3-5-18(23)19(24)9-16)8-15(11-25)22(30)26-20-6-4-17(28(31)32)10-21(20)29/h3-10,29H,1-2H3,(H,26,30). The zero-order chi connectivity index (χ0) is 23.6. The molecule has 0 radical (unpaired) electrons. The van der Waals surface area contributed by atoms with Gasteiger partial charge in [0.1, 0.15) is 17.4 Å². The number of aromatic nitrogens is 1. The van der Waals surface area contributed by atoms with Crippen molar-refractivity contribution in [1.82, 2.24) is 4.57 Å². The Labute approximate surface area is 193 Å². The third-order valence-corrected chi connectivity index (χ3v) is 5.48. The van der Waals surface area contributed by atoms with E-state index < -0.39 is 16.6 Å². The highest BCUT2D eigenvalue weighted by Crippen LogP contribution is 2.30. The fourth-order valence-corrected chi connectivity index (χ4v) is 3.48. The van der Waals surface area contributed by atoms with E-state index in [4.69, 9.17) is 23.2 Å². The minimum Gasteiger partial charge on any atom is -0.506 e. The van der Waals surface area contributed by atoms with E-state index in [1.54, 1.807) is 18.2 Å². The van der Waals surface area contributed by atoms with Gasteiger partial charge < -0.3 is 15.0 Å². The van der Waals surface area contributed by atoms with Crippen molar-refractivity contribution < 1.29 is 14.8 Å². The van der Waals surface area contributed by atoms with Gasteiger partial charge in [-0.1, -0.05) is 23.2 Å². The maximum atomic E-state index is 12.6. The van der Waals surface area contributed by atoms with Gasteiger partial charge in [-0.3, -0.25) is 14.9 Å². The lowest BCUT2D eigenvalue weighted by atomic mass is 10.1. The third kappa shape index (κ3) is 4.59. The molecule has 0 bridgehead atoms. The number of nitrogens with one attached hydrogen (secondary N) is 1. The molecular formula is C22H16Cl2N4O4. The number of phenolic OH excluding ortho intramolecular Hbond substituents is 1. The largest absolute Gasteiger partial charge is 0.506 e. The Morgan fingerprint density at radius 2 is 1.91 bits per heavy atom. The first-order valence-electron chi connectivity index (χ1n) is 9.17. The van der Waals surface area contributed by atoms with E-state index in [2.05, 4.69) is 5.32 Å². The van der Waals surface area contributed by atoms with Gasteiger partial charge in [-0.25, -0.2) is 0 Å². The maximum absolute atomic E-state index is 12.6. The Balaban J connectivity index is 1.93. The Kier molecular flexibility index (Phi) is 6.53. The number of hydrogen-bond acceptors (Lipinski definition) is 5. The first-order chi connectivity index (χ1) is 15.1. The fraction of sp³-hybridized carbons (Fsp3) is 0.0909. The van der Waals surface area contributed by atoms with Crippen LogP contribution in [0.5, 0.6) is 5.75 Å². The number of carbonyl (C=O) groups is 1. The number of non-ortho nitro benzene ring substituents is 1. The lowest BCUT2D eigenvalue weighted by molar-refractivity contribution is -0.384. The molecule has 3 aromatic rings. The van der Waals surface area contributed by atoms with Gasteiger partial charge in [-0.15, -0.1) is 0 Å². The summed E-state index contributed by atoms with van der Waals surface area (Å²) in [6.45, 7) is 3.70. The van der Waals surface area contributed by atoms with Crippen LogP contribution in [0.15, 0.2) is 48.0 Å². The van der Waals surface area contributed by atoms with Crippen molar-refractivity contribution in [1.29, 1.82) is 5.26 Å². The molecule has 1 amide bonds. The van der Waals surface area contributed by atoms with Crippen LogP contribution in [0.4, 0.5) is 11.4 Å². The van der Waals surface area contributed by atoms with Crippen molar-refractivity contribution in [3.05, 3.63) is 85.1 Å². The first-order valence-corrected chi connectivity index (χ1v) is 9.93. The molecule has 3 rings (SSSR count). The predicted molar refractivity (Wildman–Crippen MR) is 122 cm³/mol. The van der Waals surface area contributed by atoms with E-state index in [0.717, 1.165) is 29.2 Å². The summed E-state index contributed by atoms with van der Waals surface area (Å²) in [5, 5.41) is 33.4. The summed E-state index contributed by atoms with van der Waals surface area (Å²) < 4.78 is 1.91. The summed E-state index contributed by atoms with van der Waals surface area (Å²) >= 11 is 12.1. The zero-order valence-electron chi connectivity index (χ0n) is 16.9. The van der Waals surface area contributed by atoms with Crippen LogP contribution in [0, 0.1) is 35.3 Å². The third-order valence-electron chi connectivity index (χ3n) is 4.74. The van der Waals surface area contributed by atoms with Crippen LogP contribution in [0.25, 0.3) is 11.8 Å². The number of aromatic hydroxyl groups is 1. The van der Waals surface area contributed by atoms with Gasteiger partial charge in [0.25, 0.3) is 11.6 Å². The first kappa shape index (κ1) is 22.9. The molecule has 8 nitrogen and oxygen atoms in total. The number of aryl methyl sites for hydroxylation is 1. The molecule has 0 saturated carbocycles. The number of amides is 1. The minimum atomic E-state index is -0.768. The van der Waals surface area contributed by atoms with Crippen LogP contribution < -0.4 is 5.32 Å². The molecule has 10 heteroatoms. The van der Waals surface area contributed by atoms with Gasteiger partial charge in [-0.05, 0) is 55.8 Å². The zero-order valence-corrected chi connectivity index (χ0v) is 18.4. The SMILES string of the molecule is Cc1cc(C=C(C#N)C(=O)Nc2ccc([N+](=O)[O-])cc2O)c(C)n1-c1ccc(Cl)c(Cl)c1. The van der Waals surface area contributed by atoms with Gasteiger partial charge in [0.15, 0.2) is 0 Å². The lowest BCUT2D eigenvalue weighted by Crippen LogP contribution is -2.13. The van der Waals surface area contributed by atoms with Gasteiger partial charge in [0.2, 0.25) is 0 Å². The second-order valence-corrected chi connectivity index (χ2v) is 7.66. The quantitative estimate of drug-likeness (QED) is 0.166. The molecule has 0 saturated heterocycles. The van der Waals surface area contributed by atoms with Gasteiger partial charge in [-0.2, -0.15) is 5.26 Å². The smallest absolute Gasteiger partial charge is 0.273 e. The molecule has 0 fully saturated rings. The molecule has 0 atom stereocenters. The number of anilines is 1. The number of nitro groups is 1. The molecule has 1 aromatic heterocycles. The average Bonchev–Trinajstić information content (AvgIpc) is 3.02. The summed E-state index contributed by atoms with van der Waals surface area (Å²) in [7, 11) is 0. The molecule has 0 aliphatic carbocycles. The molecule has 0 aliphatic rings. The van der Waals surface area contributed by atoms with Gasteiger partial charge in [0, 0.05) is 23.1 Å². The second kappa shape index (κ2) is 9.14. The highest BCUT2D eigenvalue weighted by atomic mass is 35.5. The lowest BCUT2D eigenvalue weighted by Gasteiger charge is -2.11. The second-order valence-electron chi connectivity index (χ2n) is 6.84. The molecule has 0 aliphatic heterocycles. The molecule has 32 heavy (non-hydrogen) atoms. The highest BCUT2D eigenvalue weighted by Gasteiger charge is 2.17. The number of nitriles is 1. The summed E-state index contributed by atoms with van der Waals surface area (Å²) in [4.78, 5) is 22.7. The van der Waals surface area contributed by atoms with Crippen molar-refractivity contribution in [2.24, 2.45) is 0 Å². The molecule has 0 spiro atoms. The normalized spacial score (nSPS) is 11.2. The molecule has 1 heterocycles. The molecule has 162 valence electrons. The number of hydrogen-bond donors (Lipinski definition) is 2. The van der Waals surface area contributed by atoms with Crippen molar-refractivity contribution in [3.63, 3.8) is 0 Å². The topological polar surface area (TPSA) is 121 Å². The number of nitrogens with zero attached hydrogens (tertiary/aromatic N) is 3. The van der Waals surface area contributed by atoms with Crippen LogP contribution in [-0.2, 0) is 4.79 Å². The Hall–Kier alpha value is -3.80. The van der Waals surface area contributed by atoms with Crippen LogP contribution in [0.1, 0.15) is 17.0 Å². The van der Waals surface area contributed by atoms with Crippen LogP contribution in [0.2, 0.25) is 10.0 Å². The van der Waals surface area contributed by atoms with E-state index in [9.17, 15) is 25.3 Å². The van der Waals surface area contributed by atoms with E-state index in [-0.39, 0.29) is 16.9 Å². The van der Waals surface area contributed by atoms with Crippen molar-refractivity contribution in [2.45, 2.75) is 13.8 Å². The van der Waals surface area contributed by atoms with E-state index in [0.29, 0.717) is 15.6 Å². The predicted octanol–water partition coefficient (Wildman–Crippen LogP) is 5.56. The van der Waals surface area contributed by atoms with Gasteiger partial charge >= 0.3 is 0 Å². The Bertz CT molecular complexity index is 1320. The summed E-state index contributed by atoms with van der Waals surface area (Å²) in [5.41, 5.74) is 2.42. The van der Waals surface area contributed by atoms with E-state index in [1.807, 2.05) is 30.6 Å². The molecule has 2 N–H and O–H groups in total. The molecule has 2 aromatic carbocycles. The number of carbonyl (C=O) groups excluding carboxylic acids is 1. The van der Waals surface area contributed by atoms with Crippen molar-refractivity contribution in [2.75, 3.05) is 5.32 Å². The van der Waals surface area contributed by atoms with Crippen LogP contribution in [0.3, 0.4) is 0 Å². The van der Waals surface area contributed by atoms with E-state index in [1.165, 1.54) is 12.1 Å². The molecular weight excluding hydrogens is 455 g/mol. The summed E-state index contributed by atoms with van der Waals surface area (Å²) in [6, 6.07) is 12.1. The number of benzene rings is 2. The number of halogens is 2. The number of nitro benzene ring substituents is 1. The van der Waals surface area contributed by atoms with Crippen LogP contribution in [-0.4, -0.2) is 20.5 Å². The average molecular weight is 471 g/mol. The number of phenols is 1. The van der Waals surface area contributed by atoms with Crippen LogP contribution >= 0.6 is 23.2 Å². The minimum absolute atomic E-state index is 0.0528. The van der Waals surface area contributed by atoms with Crippen molar-refractivity contribution in [3.8, 4) is 17.5 Å². The Morgan fingerprint density at radius 3 is 2.50 bits per heavy atom. The monoisotopic (exact) mass is 470 g/mol. The maximum Gasteiger partial charge on any atom is 0.273 e. The highest BCUT2D eigenvalue weighted by molar-refractivity contribution is 6.42. The Morgan fingerprint density at radius 1 is 1.19 bits per heavy atom. The van der Waals surface area contributed by atoms with E-state index >= 15 is 0 Å². The summed E-state index contributed by atoms with van der Waals surface area (Å²) in [5.74, 6) is -1.25. The molecule has 0 unspecified atom stereocenters. The van der Waals surface area contributed by atoms with Gasteiger partial charge in [0.05, 0.1) is 26.7 Å². The fourth-order valence-electron chi connectivity index (χ4n) is 3.19. The summed E-state index contributed by atoms with van der Waals surface area (Å²) in [6.07, 6.45) is 1.42.